The number of fused-ring (bicyclic) bond motifs is 3. The Morgan fingerprint density at radius 1 is 0.545 bits per heavy atom. The summed E-state index contributed by atoms with van der Waals surface area (Å²) in [6.45, 7) is 3.49. The molecule has 0 unspecified atom stereocenters. The molecule has 7 aromatic rings. The molecule has 526 valence electrons. The number of hydrogen-bond donors (Lipinski definition) is 16. The number of nitrogens with zero attached hydrogens (tertiary/aromatic N) is 1. The molecule has 8 rings (SSSR count). The Labute approximate surface area is 570 Å². The Morgan fingerprint density at radius 2 is 1.01 bits per heavy atom. The van der Waals surface area contributed by atoms with Crippen LogP contribution in [0.15, 0.2) is 122 Å². The smallest absolute Gasteiger partial charge is 0.246 e. The van der Waals surface area contributed by atoms with Gasteiger partial charge in [-0.25, -0.2) is 0 Å². The average Bonchev–Trinajstić information content (AvgIpc) is 1.72. The Balaban J connectivity index is 1.05. The topological polar surface area (TPSA) is 462 Å². The lowest BCUT2D eigenvalue weighted by Gasteiger charge is -2.30. The van der Waals surface area contributed by atoms with E-state index in [4.69, 9.17) is 17.2 Å². The van der Waals surface area contributed by atoms with Crippen molar-refractivity contribution in [2.75, 3.05) is 26.2 Å². The number of H-pyrrole nitrogens is 3. The molecule has 0 bridgehead atoms. The summed E-state index contributed by atoms with van der Waals surface area (Å²) >= 11 is 0. The van der Waals surface area contributed by atoms with Gasteiger partial charge in [0.05, 0.1) is 19.6 Å². The summed E-state index contributed by atoms with van der Waals surface area (Å²) in [5.41, 5.74) is 21.8. The number of unbranched alkanes of at least 4 members (excludes halogenated alkanes) is 1. The number of aliphatic hydroxyl groups excluding tert-OH is 1. The normalized spacial score (nSPS) is 15.6. The summed E-state index contributed by atoms with van der Waals surface area (Å²) in [5.74, 6) is -10.3. The van der Waals surface area contributed by atoms with E-state index in [-0.39, 0.29) is 58.0 Å². The zero-order valence-corrected chi connectivity index (χ0v) is 55.5. The highest BCUT2D eigenvalue weighted by Crippen LogP contribution is 2.26. The van der Waals surface area contributed by atoms with E-state index in [1.807, 2.05) is 55.5 Å². The molecule has 1 aliphatic heterocycles. The van der Waals surface area contributed by atoms with Crippen molar-refractivity contribution in [2.45, 2.75) is 146 Å². The third-order valence-electron chi connectivity index (χ3n) is 17.7. The van der Waals surface area contributed by atoms with Crippen molar-refractivity contribution >= 4 is 104 Å². The molecule has 99 heavy (non-hydrogen) atoms. The average molecular weight is 1360 g/mol. The van der Waals surface area contributed by atoms with E-state index in [1.165, 1.54) is 4.90 Å². The van der Waals surface area contributed by atoms with Gasteiger partial charge < -0.3 is 90.0 Å². The number of hydrogen-bond acceptors (Lipinski definition) is 14. The highest BCUT2D eigenvalue weighted by atomic mass is 16.3. The number of aromatic nitrogens is 3. The monoisotopic (exact) mass is 1360 g/mol. The zero-order chi connectivity index (χ0) is 71.3. The van der Waals surface area contributed by atoms with Gasteiger partial charge in [-0.2, -0.15) is 0 Å². The minimum atomic E-state index is -1.73. The van der Waals surface area contributed by atoms with Gasteiger partial charge in [0.1, 0.15) is 54.4 Å². The Kier molecular flexibility index (Phi) is 26.4. The van der Waals surface area contributed by atoms with E-state index in [0.29, 0.717) is 57.8 Å². The molecule has 1 fully saturated rings. The maximum Gasteiger partial charge on any atom is 0.246 e. The first-order valence-electron chi connectivity index (χ1n) is 33.1. The number of aliphatic hydroxyl groups is 1. The molecule has 4 aromatic carbocycles. The molecule has 0 radical (unpaired) electrons. The van der Waals surface area contributed by atoms with Gasteiger partial charge in [-0.05, 0) is 85.0 Å². The van der Waals surface area contributed by atoms with Crippen LogP contribution in [0, 0.1) is 5.92 Å². The Bertz CT molecular complexity index is 4040. The molecule has 1 saturated heterocycles. The van der Waals surface area contributed by atoms with E-state index in [9.17, 15) is 48.3 Å². The van der Waals surface area contributed by atoms with E-state index in [1.54, 1.807) is 80.1 Å². The van der Waals surface area contributed by atoms with Crippen LogP contribution < -0.4 is 65.1 Å². The maximum absolute atomic E-state index is 15.4. The van der Waals surface area contributed by atoms with Gasteiger partial charge in [-0.3, -0.25) is 57.5 Å². The first-order chi connectivity index (χ1) is 47.5. The number of benzene rings is 4. The second-order valence-electron chi connectivity index (χ2n) is 24.9. The van der Waals surface area contributed by atoms with Crippen LogP contribution in [0.2, 0.25) is 0 Å². The maximum atomic E-state index is 15.4. The summed E-state index contributed by atoms with van der Waals surface area (Å²) in [6, 6.07) is 18.2. The molecule has 0 aliphatic carbocycles. The van der Waals surface area contributed by atoms with Gasteiger partial charge in [0.15, 0.2) is 0 Å². The molecule has 10 atom stereocenters. The number of para-hydroxylation sites is 3. The van der Waals surface area contributed by atoms with Crippen LogP contribution in [-0.2, 0) is 83.2 Å². The second kappa shape index (κ2) is 35.3. The molecular weight excluding hydrogens is 1270 g/mol. The number of carbonyl (C=O) groups is 12. The predicted octanol–water partition coefficient (Wildman–Crippen LogP) is -0.0653. The fourth-order valence-electron chi connectivity index (χ4n) is 12.2. The minimum Gasteiger partial charge on any atom is -0.394 e. The highest BCUT2D eigenvalue weighted by Gasteiger charge is 2.41. The molecule has 4 heterocycles. The van der Waals surface area contributed by atoms with Crippen LogP contribution in [0.25, 0.3) is 32.7 Å². The molecule has 29 heteroatoms. The molecule has 3 aromatic heterocycles. The summed E-state index contributed by atoms with van der Waals surface area (Å²) in [6.07, 6.45) is 5.48. The standard InChI is InChI=1S/C70H88N16O13/c1-4-39(2)61(69(98)80-52(62(73)91)29-41-17-6-5-7-18-41)85-60(90)37-77-68(97)58-26-16-28-86(58)70(99)56(32-44-36-76-50-24-13-10-21-47(44)50)84-65(94)54(31-43-35-75-49-23-12-9-20-46(43)49)81-63(92)51(25-14-15-27-71)79-64(93)53(30-42-34-74-48-22-11-8-19-45(42)48)82-66(95)55(33-59(72)89)83-67(96)57(38-87)78-40(3)88/h5-13,17-24,34-36,39,51-58,61,74-76,87H,4,14-16,25-33,37-38,71H2,1-3H3,(H2,72,89)(H2,73,91)(H,77,97)(H,78,88)(H,79,93)(H,80,98)(H,81,92)(H,82,95)(H,83,96)(H,84,94)(H,85,90)/t39-,51-,52-,53-,54-,55-,56-,57-,58-,61-/m0/s1. The number of carbonyl (C=O) groups excluding carboxylic acids is 12. The number of amides is 12. The number of rotatable bonds is 36. The van der Waals surface area contributed by atoms with Crippen LogP contribution in [0.4, 0.5) is 0 Å². The molecular formula is C70H88N16O13. The van der Waals surface area contributed by atoms with Crippen LogP contribution in [0.1, 0.15) is 88.0 Å². The number of nitrogens with one attached hydrogen (secondary N) is 12. The van der Waals surface area contributed by atoms with Crippen LogP contribution in [-0.4, -0.2) is 176 Å². The lowest BCUT2D eigenvalue weighted by atomic mass is 9.97. The fourth-order valence-corrected chi connectivity index (χ4v) is 12.2. The molecule has 0 spiro atoms. The third-order valence-corrected chi connectivity index (χ3v) is 17.7. The van der Waals surface area contributed by atoms with Crippen LogP contribution in [0.3, 0.4) is 0 Å². The van der Waals surface area contributed by atoms with Crippen LogP contribution in [0.5, 0.6) is 0 Å². The Hall–Kier alpha value is -10.9. The highest BCUT2D eigenvalue weighted by molar-refractivity contribution is 6.01. The quantitative estimate of drug-likeness (QED) is 0.0229. The molecule has 19 N–H and O–H groups in total. The summed E-state index contributed by atoms with van der Waals surface area (Å²) in [7, 11) is 0. The van der Waals surface area contributed by atoms with Crippen molar-refractivity contribution in [2.24, 2.45) is 23.1 Å². The summed E-state index contributed by atoms with van der Waals surface area (Å²) in [4.78, 5) is 178. The van der Waals surface area contributed by atoms with Crippen molar-refractivity contribution in [1.82, 2.24) is 67.7 Å². The first kappa shape index (κ1) is 73.9. The third kappa shape index (κ3) is 20.1. The number of likely N-dealkylation sites (tertiary alicyclic amines) is 1. The van der Waals surface area contributed by atoms with Crippen LogP contribution >= 0.6 is 0 Å². The van der Waals surface area contributed by atoms with Gasteiger partial charge in [-0.1, -0.05) is 105 Å². The van der Waals surface area contributed by atoms with E-state index < -0.39 is 151 Å². The van der Waals surface area contributed by atoms with Crippen molar-refractivity contribution < 1.29 is 62.6 Å². The van der Waals surface area contributed by atoms with E-state index in [0.717, 1.165) is 23.4 Å². The van der Waals surface area contributed by atoms with E-state index >= 15 is 14.4 Å². The van der Waals surface area contributed by atoms with Crippen molar-refractivity contribution in [3.63, 3.8) is 0 Å². The van der Waals surface area contributed by atoms with Gasteiger partial charge in [0.2, 0.25) is 70.9 Å². The van der Waals surface area contributed by atoms with Gasteiger partial charge in [-0.15, -0.1) is 0 Å². The lowest BCUT2D eigenvalue weighted by molar-refractivity contribution is -0.142. The Morgan fingerprint density at radius 3 is 1.52 bits per heavy atom. The number of primary amides is 2. The lowest BCUT2D eigenvalue weighted by Crippen LogP contribution is -2.61. The molecule has 1 aliphatic rings. The summed E-state index contributed by atoms with van der Waals surface area (Å²) in [5, 5.41) is 35.8. The van der Waals surface area contributed by atoms with E-state index in [2.05, 4.69) is 62.8 Å². The largest absolute Gasteiger partial charge is 0.394 e. The van der Waals surface area contributed by atoms with Gasteiger partial charge in [0, 0.05) is 90.5 Å². The van der Waals surface area contributed by atoms with Crippen molar-refractivity contribution in [1.29, 1.82) is 0 Å². The molecule has 0 saturated carbocycles. The van der Waals surface area contributed by atoms with Gasteiger partial charge in [0.25, 0.3) is 0 Å². The second-order valence-corrected chi connectivity index (χ2v) is 24.9. The zero-order valence-electron chi connectivity index (χ0n) is 55.5. The number of nitrogens with two attached hydrogens (primary N) is 3. The fraction of sp³-hybridized carbons (Fsp3) is 0.400. The van der Waals surface area contributed by atoms with Crippen molar-refractivity contribution in [3.8, 4) is 0 Å². The first-order valence-corrected chi connectivity index (χ1v) is 33.1. The predicted molar refractivity (Wildman–Crippen MR) is 367 cm³/mol. The minimum absolute atomic E-state index is 0.0436. The van der Waals surface area contributed by atoms with Crippen molar-refractivity contribution in [3.05, 3.63) is 144 Å². The molecule has 29 nitrogen and oxygen atoms in total. The number of aromatic amines is 3. The summed E-state index contributed by atoms with van der Waals surface area (Å²) < 4.78 is 0. The molecule has 12 amide bonds. The SMILES string of the molecule is CC[C@H](C)[C@H](NC(=O)CNC(=O)[C@@H]1CCCN1C(=O)[C@H](Cc1c[nH]c2ccccc12)NC(=O)[C@H](Cc1c[nH]c2ccccc12)NC(=O)[C@H](CCCCN)NC(=O)[C@H](Cc1c[nH]c2ccccc12)NC(=O)[C@H](CC(N)=O)NC(=O)[C@H](CO)NC(C)=O)C(=O)N[C@@H](Cc1ccccc1)C(N)=O. The van der Waals surface area contributed by atoms with Gasteiger partial charge >= 0.3 is 0 Å².